The second kappa shape index (κ2) is 6.64. The first kappa shape index (κ1) is 14.7. The zero-order chi connectivity index (χ0) is 14.5. The second-order valence-corrected chi connectivity index (χ2v) is 5.67. The molecule has 2 unspecified atom stereocenters. The molecule has 0 spiro atoms. The minimum absolute atomic E-state index is 0.163. The van der Waals surface area contributed by atoms with Crippen LogP contribution < -0.4 is 10.6 Å². The zero-order valence-electron chi connectivity index (χ0n) is 12.4. The SMILES string of the molecule is CCC1CCCCC1N(C)c1cccc(C(N)=NO)c1. The van der Waals surface area contributed by atoms with E-state index in [0.29, 0.717) is 6.04 Å². The lowest BCUT2D eigenvalue weighted by molar-refractivity contribution is 0.292. The van der Waals surface area contributed by atoms with Crippen molar-refractivity contribution in [2.24, 2.45) is 16.8 Å². The molecule has 0 radical (unpaired) electrons. The fraction of sp³-hybridized carbons (Fsp3) is 0.562. The lowest BCUT2D eigenvalue weighted by Crippen LogP contribution is -2.40. The number of anilines is 1. The lowest BCUT2D eigenvalue weighted by atomic mass is 9.82. The molecule has 0 aromatic heterocycles. The highest BCUT2D eigenvalue weighted by Crippen LogP contribution is 2.32. The molecule has 1 aliphatic carbocycles. The Bertz CT molecular complexity index is 473. The van der Waals surface area contributed by atoms with Crippen LogP contribution in [0, 0.1) is 5.92 Å². The molecular formula is C16H25N3O. The average molecular weight is 275 g/mol. The van der Waals surface area contributed by atoms with Gasteiger partial charge in [0.05, 0.1) is 0 Å². The van der Waals surface area contributed by atoms with E-state index in [1.54, 1.807) is 0 Å². The molecule has 1 fully saturated rings. The van der Waals surface area contributed by atoms with Gasteiger partial charge in [0.15, 0.2) is 5.84 Å². The van der Waals surface area contributed by atoms with Crippen LogP contribution in [0.5, 0.6) is 0 Å². The molecule has 2 atom stereocenters. The highest BCUT2D eigenvalue weighted by molar-refractivity contribution is 5.97. The molecule has 110 valence electrons. The molecule has 1 aromatic rings. The summed E-state index contributed by atoms with van der Waals surface area (Å²) in [6.07, 6.45) is 6.47. The van der Waals surface area contributed by atoms with E-state index in [9.17, 15) is 0 Å². The van der Waals surface area contributed by atoms with E-state index in [2.05, 4.69) is 30.1 Å². The van der Waals surface area contributed by atoms with Crippen LogP contribution in [0.4, 0.5) is 5.69 Å². The van der Waals surface area contributed by atoms with Crippen molar-refractivity contribution in [1.29, 1.82) is 0 Å². The summed E-state index contributed by atoms with van der Waals surface area (Å²) in [6.45, 7) is 2.28. The number of hydrogen-bond donors (Lipinski definition) is 2. The maximum Gasteiger partial charge on any atom is 0.170 e. The third-order valence-electron chi connectivity index (χ3n) is 4.55. The Morgan fingerprint density at radius 1 is 1.40 bits per heavy atom. The van der Waals surface area contributed by atoms with E-state index >= 15 is 0 Å². The van der Waals surface area contributed by atoms with Gasteiger partial charge in [-0.1, -0.05) is 43.5 Å². The van der Waals surface area contributed by atoms with Crippen LogP contribution in [0.25, 0.3) is 0 Å². The zero-order valence-corrected chi connectivity index (χ0v) is 12.4. The molecule has 0 heterocycles. The number of rotatable bonds is 4. The number of nitrogens with zero attached hydrogens (tertiary/aromatic N) is 2. The number of nitrogens with two attached hydrogens (primary N) is 1. The van der Waals surface area contributed by atoms with Crippen molar-refractivity contribution < 1.29 is 5.21 Å². The van der Waals surface area contributed by atoms with Crippen LogP contribution in [0.2, 0.25) is 0 Å². The number of oxime groups is 1. The monoisotopic (exact) mass is 275 g/mol. The summed E-state index contributed by atoms with van der Waals surface area (Å²) in [5.41, 5.74) is 7.58. The van der Waals surface area contributed by atoms with Crippen LogP contribution in [0.3, 0.4) is 0 Å². The normalized spacial score (nSPS) is 23.6. The first-order valence-electron chi connectivity index (χ1n) is 7.48. The van der Waals surface area contributed by atoms with Gasteiger partial charge in [0.25, 0.3) is 0 Å². The Kier molecular flexibility index (Phi) is 4.88. The topological polar surface area (TPSA) is 61.8 Å². The van der Waals surface area contributed by atoms with Crippen LogP contribution in [0.1, 0.15) is 44.6 Å². The van der Waals surface area contributed by atoms with Crippen LogP contribution >= 0.6 is 0 Å². The van der Waals surface area contributed by atoms with Gasteiger partial charge in [0.1, 0.15) is 0 Å². The maximum atomic E-state index is 8.80. The molecular weight excluding hydrogens is 250 g/mol. The second-order valence-electron chi connectivity index (χ2n) is 5.67. The van der Waals surface area contributed by atoms with E-state index < -0.39 is 0 Å². The molecule has 0 amide bonds. The van der Waals surface area contributed by atoms with Crippen molar-refractivity contribution in [3.63, 3.8) is 0 Å². The Balaban J connectivity index is 2.21. The standard InChI is InChI=1S/C16H25N3O/c1-3-12-7-4-5-10-15(12)19(2)14-9-6-8-13(11-14)16(17)18-20/h6,8-9,11-12,15,20H,3-5,7,10H2,1-2H3,(H2,17,18). The fourth-order valence-electron chi connectivity index (χ4n) is 3.31. The minimum Gasteiger partial charge on any atom is -0.409 e. The molecule has 4 nitrogen and oxygen atoms in total. The predicted molar refractivity (Wildman–Crippen MR) is 83.4 cm³/mol. The number of benzene rings is 1. The summed E-state index contributed by atoms with van der Waals surface area (Å²) in [4.78, 5) is 2.36. The van der Waals surface area contributed by atoms with Gasteiger partial charge in [-0.25, -0.2) is 0 Å². The van der Waals surface area contributed by atoms with Crippen molar-refractivity contribution in [3.05, 3.63) is 29.8 Å². The van der Waals surface area contributed by atoms with Gasteiger partial charge in [-0.3, -0.25) is 0 Å². The molecule has 4 heteroatoms. The molecule has 20 heavy (non-hydrogen) atoms. The molecule has 0 bridgehead atoms. The Hall–Kier alpha value is -1.71. The number of hydrogen-bond acceptors (Lipinski definition) is 3. The van der Waals surface area contributed by atoms with Gasteiger partial charge in [-0.2, -0.15) is 0 Å². The van der Waals surface area contributed by atoms with E-state index in [4.69, 9.17) is 10.9 Å². The molecule has 1 saturated carbocycles. The molecule has 0 saturated heterocycles. The highest BCUT2D eigenvalue weighted by Gasteiger charge is 2.27. The largest absolute Gasteiger partial charge is 0.409 e. The van der Waals surface area contributed by atoms with Gasteiger partial charge in [0.2, 0.25) is 0 Å². The molecule has 3 N–H and O–H groups in total. The third-order valence-corrected chi connectivity index (χ3v) is 4.55. The summed E-state index contributed by atoms with van der Waals surface area (Å²) in [6, 6.07) is 8.51. The van der Waals surface area contributed by atoms with Crippen molar-refractivity contribution in [2.45, 2.75) is 45.1 Å². The fourth-order valence-corrected chi connectivity index (χ4v) is 3.31. The first-order chi connectivity index (χ1) is 9.67. The molecule has 1 aromatic carbocycles. The Labute approximate surface area is 121 Å². The van der Waals surface area contributed by atoms with Gasteiger partial charge < -0.3 is 15.8 Å². The van der Waals surface area contributed by atoms with Crippen molar-refractivity contribution >= 4 is 11.5 Å². The summed E-state index contributed by atoms with van der Waals surface area (Å²) in [5.74, 6) is 0.928. The molecule has 1 aliphatic rings. The summed E-state index contributed by atoms with van der Waals surface area (Å²) in [5, 5.41) is 11.9. The summed E-state index contributed by atoms with van der Waals surface area (Å²) >= 11 is 0. The Morgan fingerprint density at radius 3 is 2.85 bits per heavy atom. The average Bonchev–Trinajstić information content (AvgIpc) is 2.53. The van der Waals surface area contributed by atoms with Crippen LogP contribution in [-0.4, -0.2) is 24.1 Å². The Morgan fingerprint density at radius 2 is 2.15 bits per heavy atom. The van der Waals surface area contributed by atoms with Gasteiger partial charge in [-0.05, 0) is 30.9 Å². The minimum atomic E-state index is 0.163. The highest BCUT2D eigenvalue weighted by atomic mass is 16.4. The van der Waals surface area contributed by atoms with Gasteiger partial charge in [-0.15, -0.1) is 0 Å². The van der Waals surface area contributed by atoms with Crippen LogP contribution in [0.15, 0.2) is 29.4 Å². The summed E-state index contributed by atoms with van der Waals surface area (Å²) < 4.78 is 0. The van der Waals surface area contributed by atoms with Crippen molar-refractivity contribution in [1.82, 2.24) is 0 Å². The third kappa shape index (κ3) is 3.06. The quantitative estimate of drug-likeness (QED) is 0.384. The van der Waals surface area contributed by atoms with Gasteiger partial charge >= 0.3 is 0 Å². The maximum absolute atomic E-state index is 8.80. The van der Waals surface area contributed by atoms with E-state index in [1.807, 2.05) is 18.2 Å². The molecule has 2 rings (SSSR count). The smallest absolute Gasteiger partial charge is 0.170 e. The first-order valence-corrected chi connectivity index (χ1v) is 7.48. The summed E-state index contributed by atoms with van der Waals surface area (Å²) in [7, 11) is 2.16. The lowest BCUT2D eigenvalue weighted by Gasteiger charge is -2.39. The van der Waals surface area contributed by atoms with Crippen molar-refractivity contribution in [3.8, 4) is 0 Å². The van der Waals surface area contributed by atoms with E-state index in [-0.39, 0.29) is 5.84 Å². The van der Waals surface area contributed by atoms with E-state index in [0.717, 1.165) is 17.2 Å². The van der Waals surface area contributed by atoms with E-state index in [1.165, 1.54) is 32.1 Å². The molecule has 0 aliphatic heterocycles. The van der Waals surface area contributed by atoms with Crippen molar-refractivity contribution in [2.75, 3.05) is 11.9 Å². The number of amidine groups is 1. The predicted octanol–water partition coefficient (Wildman–Crippen LogP) is 3.19. The van der Waals surface area contributed by atoms with Crippen LogP contribution in [-0.2, 0) is 0 Å². The van der Waals surface area contributed by atoms with Gasteiger partial charge in [0, 0.05) is 24.3 Å².